The van der Waals surface area contributed by atoms with E-state index in [1.54, 1.807) is 7.05 Å². The Morgan fingerprint density at radius 1 is 1.44 bits per heavy atom. The van der Waals surface area contributed by atoms with Gasteiger partial charge in [0.15, 0.2) is 5.82 Å². The fourth-order valence-corrected chi connectivity index (χ4v) is 1.82. The number of hydrogen-bond donors (Lipinski definition) is 1. The van der Waals surface area contributed by atoms with Crippen LogP contribution in [-0.4, -0.2) is 32.2 Å². The van der Waals surface area contributed by atoms with Crippen LogP contribution in [0.3, 0.4) is 0 Å². The molecule has 1 unspecified atom stereocenters. The van der Waals surface area contributed by atoms with Crippen molar-refractivity contribution in [1.82, 2.24) is 25.1 Å². The standard InChI is InChI=1S/C12H18N6/c1-9(10-5-4-6-11(13)7-10)17(2)8-12-14-16-18(3)15-12/h4-7,9H,8,13H2,1-3H3. The van der Waals surface area contributed by atoms with Gasteiger partial charge in [-0.25, -0.2) is 0 Å². The van der Waals surface area contributed by atoms with Gasteiger partial charge in [-0.2, -0.15) is 4.80 Å². The van der Waals surface area contributed by atoms with Gasteiger partial charge in [0.25, 0.3) is 0 Å². The quantitative estimate of drug-likeness (QED) is 0.814. The van der Waals surface area contributed by atoms with Crippen molar-refractivity contribution in [3.8, 4) is 0 Å². The van der Waals surface area contributed by atoms with Crippen molar-refractivity contribution in [3.05, 3.63) is 35.7 Å². The van der Waals surface area contributed by atoms with E-state index in [9.17, 15) is 0 Å². The number of hydrogen-bond acceptors (Lipinski definition) is 5. The highest BCUT2D eigenvalue weighted by molar-refractivity contribution is 5.41. The predicted molar refractivity (Wildman–Crippen MR) is 69.5 cm³/mol. The summed E-state index contributed by atoms with van der Waals surface area (Å²) in [4.78, 5) is 3.63. The Labute approximate surface area is 106 Å². The molecule has 0 aliphatic heterocycles. The van der Waals surface area contributed by atoms with Crippen molar-refractivity contribution < 1.29 is 0 Å². The van der Waals surface area contributed by atoms with Crippen LogP contribution in [0.2, 0.25) is 0 Å². The first-order valence-electron chi connectivity index (χ1n) is 5.85. The Kier molecular flexibility index (Phi) is 3.57. The zero-order chi connectivity index (χ0) is 13.1. The minimum absolute atomic E-state index is 0.248. The van der Waals surface area contributed by atoms with Gasteiger partial charge < -0.3 is 5.73 Å². The Morgan fingerprint density at radius 3 is 2.83 bits per heavy atom. The topological polar surface area (TPSA) is 72.9 Å². The van der Waals surface area contributed by atoms with E-state index >= 15 is 0 Å². The van der Waals surface area contributed by atoms with Crippen LogP contribution in [0.4, 0.5) is 5.69 Å². The predicted octanol–water partition coefficient (Wildman–Crippen LogP) is 0.985. The molecule has 0 aliphatic rings. The second-order valence-corrected chi connectivity index (χ2v) is 4.46. The molecule has 0 amide bonds. The van der Waals surface area contributed by atoms with Crippen molar-refractivity contribution in [2.45, 2.75) is 19.5 Å². The summed E-state index contributed by atoms with van der Waals surface area (Å²) in [5.41, 5.74) is 7.76. The molecule has 0 radical (unpaired) electrons. The number of nitrogens with two attached hydrogens (primary N) is 1. The molecule has 0 saturated heterocycles. The molecule has 1 aromatic carbocycles. The van der Waals surface area contributed by atoms with Crippen LogP contribution in [0.5, 0.6) is 0 Å². The fourth-order valence-electron chi connectivity index (χ4n) is 1.82. The summed E-state index contributed by atoms with van der Waals surface area (Å²) >= 11 is 0. The van der Waals surface area contributed by atoms with E-state index in [1.807, 2.05) is 25.2 Å². The van der Waals surface area contributed by atoms with Gasteiger partial charge >= 0.3 is 0 Å². The van der Waals surface area contributed by atoms with E-state index in [-0.39, 0.29) is 6.04 Å². The summed E-state index contributed by atoms with van der Waals surface area (Å²) in [5, 5.41) is 12.0. The highest BCUT2D eigenvalue weighted by atomic mass is 15.6. The van der Waals surface area contributed by atoms with Gasteiger partial charge in [0.2, 0.25) is 0 Å². The molecule has 2 rings (SSSR count). The van der Waals surface area contributed by atoms with Crippen LogP contribution in [0, 0.1) is 0 Å². The Bertz CT molecular complexity index is 521. The van der Waals surface area contributed by atoms with Crippen molar-refractivity contribution in [1.29, 1.82) is 0 Å². The van der Waals surface area contributed by atoms with Gasteiger partial charge in [-0.3, -0.25) is 4.90 Å². The summed E-state index contributed by atoms with van der Waals surface area (Å²) < 4.78 is 0. The largest absolute Gasteiger partial charge is 0.399 e. The van der Waals surface area contributed by atoms with Crippen LogP contribution in [0.25, 0.3) is 0 Å². The molecule has 6 nitrogen and oxygen atoms in total. The lowest BCUT2D eigenvalue weighted by atomic mass is 10.1. The molecule has 2 N–H and O–H groups in total. The van der Waals surface area contributed by atoms with Crippen molar-refractivity contribution in [2.75, 3.05) is 12.8 Å². The third kappa shape index (κ3) is 2.84. The maximum atomic E-state index is 5.80. The molecule has 0 bridgehead atoms. The Balaban J connectivity index is 2.06. The Morgan fingerprint density at radius 2 is 2.22 bits per heavy atom. The zero-order valence-corrected chi connectivity index (χ0v) is 10.9. The molecule has 1 aromatic heterocycles. The first-order chi connectivity index (χ1) is 8.56. The molecule has 0 spiro atoms. The number of nitrogen functional groups attached to an aromatic ring is 1. The van der Waals surface area contributed by atoms with E-state index in [1.165, 1.54) is 10.4 Å². The lowest BCUT2D eigenvalue weighted by Gasteiger charge is -2.23. The second-order valence-electron chi connectivity index (χ2n) is 4.46. The molecule has 0 saturated carbocycles. The molecule has 6 heteroatoms. The maximum absolute atomic E-state index is 5.80. The number of rotatable bonds is 4. The average molecular weight is 246 g/mol. The van der Waals surface area contributed by atoms with Crippen LogP contribution < -0.4 is 5.73 Å². The maximum Gasteiger partial charge on any atom is 0.188 e. The van der Waals surface area contributed by atoms with Crippen LogP contribution >= 0.6 is 0 Å². The van der Waals surface area contributed by atoms with E-state index in [2.05, 4.69) is 33.3 Å². The highest BCUT2D eigenvalue weighted by Gasteiger charge is 2.14. The Hall–Kier alpha value is -1.95. The molecule has 0 fully saturated rings. The number of nitrogens with zero attached hydrogens (tertiary/aromatic N) is 5. The average Bonchev–Trinajstić information content (AvgIpc) is 2.73. The highest BCUT2D eigenvalue weighted by Crippen LogP contribution is 2.21. The van der Waals surface area contributed by atoms with E-state index in [4.69, 9.17) is 5.73 Å². The summed E-state index contributed by atoms with van der Waals surface area (Å²) in [5.74, 6) is 0.718. The lowest BCUT2D eigenvalue weighted by Crippen LogP contribution is -2.22. The number of aryl methyl sites for hydroxylation is 1. The second kappa shape index (κ2) is 5.14. The molecular formula is C12H18N6. The van der Waals surface area contributed by atoms with Crippen LogP contribution in [-0.2, 0) is 13.6 Å². The number of tetrazole rings is 1. The van der Waals surface area contributed by atoms with Gasteiger partial charge in [-0.15, -0.1) is 10.2 Å². The molecule has 18 heavy (non-hydrogen) atoms. The van der Waals surface area contributed by atoms with Crippen molar-refractivity contribution >= 4 is 5.69 Å². The molecule has 1 atom stereocenters. The van der Waals surface area contributed by atoms with Crippen molar-refractivity contribution in [2.24, 2.45) is 7.05 Å². The molecule has 2 aromatic rings. The van der Waals surface area contributed by atoms with Crippen LogP contribution in [0.15, 0.2) is 24.3 Å². The summed E-state index contributed by atoms with van der Waals surface area (Å²) in [6.07, 6.45) is 0. The number of anilines is 1. The molecule has 0 aliphatic carbocycles. The fraction of sp³-hybridized carbons (Fsp3) is 0.417. The number of benzene rings is 1. The molecule has 96 valence electrons. The van der Waals surface area contributed by atoms with Crippen LogP contribution in [0.1, 0.15) is 24.4 Å². The first kappa shape index (κ1) is 12.5. The summed E-state index contributed by atoms with van der Waals surface area (Å²) in [7, 11) is 3.79. The van der Waals surface area contributed by atoms with Gasteiger partial charge in [0, 0.05) is 11.7 Å². The monoisotopic (exact) mass is 246 g/mol. The summed E-state index contributed by atoms with van der Waals surface area (Å²) in [6, 6.07) is 8.17. The minimum Gasteiger partial charge on any atom is -0.399 e. The SMILES string of the molecule is CC(c1cccc(N)c1)N(C)Cc1nnn(C)n1. The van der Waals surface area contributed by atoms with E-state index in [0.717, 1.165) is 11.5 Å². The van der Waals surface area contributed by atoms with Gasteiger partial charge in [0.1, 0.15) is 0 Å². The van der Waals surface area contributed by atoms with Gasteiger partial charge in [0.05, 0.1) is 13.6 Å². The van der Waals surface area contributed by atoms with E-state index < -0.39 is 0 Å². The molecular weight excluding hydrogens is 228 g/mol. The number of aromatic nitrogens is 4. The minimum atomic E-state index is 0.248. The first-order valence-corrected chi connectivity index (χ1v) is 5.85. The van der Waals surface area contributed by atoms with Crippen molar-refractivity contribution in [3.63, 3.8) is 0 Å². The van der Waals surface area contributed by atoms with E-state index in [0.29, 0.717) is 6.54 Å². The summed E-state index contributed by atoms with van der Waals surface area (Å²) in [6.45, 7) is 2.79. The normalized spacial score (nSPS) is 12.9. The molecule has 1 heterocycles. The third-order valence-electron chi connectivity index (χ3n) is 2.99. The third-order valence-corrected chi connectivity index (χ3v) is 2.99. The smallest absolute Gasteiger partial charge is 0.188 e. The van der Waals surface area contributed by atoms with Gasteiger partial charge in [-0.05, 0) is 36.9 Å². The van der Waals surface area contributed by atoms with Gasteiger partial charge in [-0.1, -0.05) is 12.1 Å². The lowest BCUT2D eigenvalue weighted by molar-refractivity contribution is 0.246. The zero-order valence-electron chi connectivity index (χ0n) is 10.9.